The molecule has 0 radical (unpaired) electrons. The SMILES string of the molecule is O=C(NCc1ccc(Cl)cc1)c1cccnc1N1CCNC(c2ccccc2)C1. The molecule has 1 atom stereocenters. The molecule has 0 spiro atoms. The van der Waals surface area contributed by atoms with Crippen LogP contribution in [0.15, 0.2) is 72.9 Å². The minimum atomic E-state index is -0.127. The number of hydrogen-bond donors (Lipinski definition) is 2. The van der Waals surface area contributed by atoms with Gasteiger partial charge in [0.25, 0.3) is 5.91 Å². The van der Waals surface area contributed by atoms with Gasteiger partial charge < -0.3 is 15.5 Å². The first kappa shape index (κ1) is 19.4. The summed E-state index contributed by atoms with van der Waals surface area (Å²) in [6, 6.07) is 21.7. The zero-order valence-corrected chi connectivity index (χ0v) is 16.8. The lowest BCUT2D eigenvalue weighted by Crippen LogP contribution is -2.46. The van der Waals surface area contributed by atoms with Crippen molar-refractivity contribution in [2.24, 2.45) is 0 Å². The minimum Gasteiger partial charge on any atom is -0.353 e. The average molecular weight is 407 g/mol. The number of piperazine rings is 1. The second-order valence-corrected chi connectivity index (χ2v) is 7.48. The fourth-order valence-electron chi connectivity index (χ4n) is 3.56. The van der Waals surface area contributed by atoms with E-state index in [0.717, 1.165) is 31.0 Å². The molecule has 1 amide bonds. The maximum absolute atomic E-state index is 12.9. The number of benzene rings is 2. The van der Waals surface area contributed by atoms with Crippen molar-refractivity contribution in [2.75, 3.05) is 24.5 Å². The van der Waals surface area contributed by atoms with Crippen molar-refractivity contribution in [1.82, 2.24) is 15.6 Å². The highest BCUT2D eigenvalue weighted by Gasteiger charge is 2.25. The molecule has 1 aromatic heterocycles. The van der Waals surface area contributed by atoms with Gasteiger partial charge in [0.1, 0.15) is 5.82 Å². The van der Waals surface area contributed by atoms with Crippen LogP contribution in [-0.4, -0.2) is 30.5 Å². The van der Waals surface area contributed by atoms with Gasteiger partial charge in [0.2, 0.25) is 0 Å². The standard InChI is InChI=1S/C23H23ClN4O/c24-19-10-8-17(9-11-19)15-27-23(29)20-7-4-12-26-22(20)28-14-13-25-21(16-28)18-5-2-1-3-6-18/h1-12,21,25H,13-16H2,(H,27,29). The van der Waals surface area contributed by atoms with Gasteiger partial charge in [0.15, 0.2) is 0 Å². The van der Waals surface area contributed by atoms with Gasteiger partial charge in [-0.1, -0.05) is 54.1 Å². The summed E-state index contributed by atoms with van der Waals surface area (Å²) < 4.78 is 0. The molecule has 2 aromatic carbocycles. The molecule has 1 unspecified atom stereocenters. The smallest absolute Gasteiger partial charge is 0.255 e. The monoisotopic (exact) mass is 406 g/mol. The maximum Gasteiger partial charge on any atom is 0.255 e. The summed E-state index contributed by atoms with van der Waals surface area (Å²) in [5, 5.41) is 7.23. The largest absolute Gasteiger partial charge is 0.353 e. The van der Waals surface area contributed by atoms with E-state index in [1.165, 1.54) is 5.56 Å². The van der Waals surface area contributed by atoms with Crippen LogP contribution in [0.1, 0.15) is 27.5 Å². The second kappa shape index (κ2) is 9.07. The highest BCUT2D eigenvalue weighted by molar-refractivity contribution is 6.30. The number of nitrogens with zero attached hydrogens (tertiary/aromatic N) is 2. The Bertz CT molecular complexity index is 962. The van der Waals surface area contributed by atoms with Gasteiger partial charge in [-0.05, 0) is 35.4 Å². The Labute approximate surface area is 175 Å². The van der Waals surface area contributed by atoms with E-state index < -0.39 is 0 Å². The zero-order valence-electron chi connectivity index (χ0n) is 16.0. The quantitative estimate of drug-likeness (QED) is 0.676. The summed E-state index contributed by atoms with van der Waals surface area (Å²) in [7, 11) is 0. The molecular formula is C23H23ClN4O. The summed E-state index contributed by atoms with van der Waals surface area (Å²) in [6.45, 7) is 2.84. The van der Waals surface area contributed by atoms with Crippen LogP contribution in [0.5, 0.6) is 0 Å². The Balaban J connectivity index is 1.48. The Kier molecular flexibility index (Phi) is 6.08. The number of carbonyl (C=O) groups excluding carboxylic acids is 1. The predicted octanol–water partition coefficient (Wildman–Crippen LogP) is 3.82. The van der Waals surface area contributed by atoms with Gasteiger partial charge in [-0.3, -0.25) is 4.79 Å². The third-order valence-electron chi connectivity index (χ3n) is 5.07. The summed E-state index contributed by atoms with van der Waals surface area (Å²) in [4.78, 5) is 19.6. The van der Waals surface area contributed by atoms with E-state index in [-0.39, 0.29) is 11.9 Å². The van der Waals surface area contributed by atoms with Crippen LogP contribution in [0.4, 0.5) is 5.82 Å². The van der Waals surface area contributed by atoms with Crippen LogP contribution in [0.2, 0.25) is 5.02 Å². The molecule has 148 valence electrons. The topological polar surface area (TPSA) is 57.3 Å². The molecule has 4 rings (SSSR count). The second-order valence-electron chi connectivity index (χ2n) is 7.05. The Morgan fingerprint density at radius 3 is 2.69 bits per heavy atom. The third kappa shape index (κ3) is 4.75. The van der Waals surface area contributed by atoms with Crippen LogP contribution in [0.25, 0.3) is 0 Å². The summed E-state index contributed by atoms with van der Waals surface area (Å²) in [5.74, 6) is 0.599. The van der Waals surface area contributed by atoms with Crippen molar-refractivity contribution >= 4 is 23.3 Å². The molecule has 2 N–H and O–H groups in total. The molecule has 3 aromatic rings. The highest BCUT2D eigenvalue weighted by atomic mass is 35.5. The van der Waals surface area contributed by atoms with Crippen LogP contribution in [0, 0.1) is 0 Å². The van der Waals surface area contributed by atoms with Gasteiger partial charge in [0, 0.05) is 43.4 Å². The van der Waals surface area contributed by atoms with Gasteiger partial charge in [-0.25, -0.2) is 4.98 Å². The molecule has 5 nitrogen and oxygen atoms in total. The van der Waals surface area contributed by atoms with E-state index in [0.29, 0.717) is 17.1 Å². The molecule has 0 bridgehead atoms. The maximum atomic E-state index is 12.9. The molecule has 0 saturated carbocycles. The number of hydrogen-bond acceptors (Lipinski definition) is 4. The van der Waals surface area contributed by atoms with Crippen LogP contribution >= 0.6 is 11.6 Å². The first-order chi connectivity index (χ1) is 14.2. The number of carbonyl (C=O) groups is 1. The summed E-state index contributed by atoms with van der Waals surface area (Å²) >= 11 is 5.93. The fraction of sp³-hybridized carbons (Fsp3) is 0.217. The number of anilines is 1. The van der Waals surface area contributed by atoms with Gasteiger partial charge >= 0.3 is 0 Å². The van der Waals surface area contributed by atoms with E-state index in [1.54, 1.807) is 12.3 Å². The van der Waals surface area contributed by atoms with Gasteiger partial charge in [-0.2, -0.15) is 0 Å². The Morgan fingerprint density at radius 2 is 1.90 bits per heavy atom. The fourth-order valence-corrected chi connectivity index (χ4v) is 3.68. The Morgan fingerprint density at radius 1 is 1.10 bits per heavy atom. The summed E-state index contributed by atoms with van der Waals surface area (Å²) in [6.07, 6.45) is 1.74. The molecule has 1 saturated heterocycles. The molecule has 0 aliphatic carbocycles. The van der Waals surface area contributed by atoms with Crippen molar-refractivity contribution in [2.45, 2.75) is 12.6 Å². The number of rotatable bonds is 5. The van der Waals surface area contributed by atoms with E-state index in [2.05, 4.69) is 32.7 Å². The van der Waals surface area contributed by atoms with E-state index in [4.69, 9.17) is 11.6 Å². The highest BCUT2D eigenvalue weighted by Crippen LogP contribution is 2.24. The number of aromatic nitrogens is 1. The third-order valence-corrected chi connectivity index (χ3v) is 5.33. The lowest BCUT2D eigenvalue weighted by molar-refractivity contribution is 0.0951. The molecule has 29 heavy (non-hydrogen) atoms. The summed E-state index contributed by atoms with van der Waals surface area (Å²) in [5.41, 5.74) is 2.83. The van der Waals surface area contributed by atoms with Crippen molar-refractivity contribution in [3.63, 3.8) is 0 Å². The predicted molar refractivity (Wildman–Crippen MR) is 116 cm³/mol. The first-order valence-corrected chi connectivity index (χ1v) is 10.1. The lowest BCUT2D eigenvalue weighted by atomic mass is 10.0. The molecule has 2 heterocycles. The lowest BCUT2D eigenvalue weighted by Gasteiger charge is -2.35. The van der Waals surface area contributed by atoms with E-state index >= 15 is 0 Å². The molecular weight excluding hydrogens is 384 g/mol. The number of amides is 1. The van der Waals surface area contributed by atoms with E-state index in [9.17, 15) is 4.79 Å². The number of halogens is 1. The van der Waals surface area contributed by atoms with Crippen molar-refractivity contribution in [3.05, 3.63) is 94.6 Å². The van der Waals surface area contributed by atoms with Crippen LogP contribution in [-0.2, 0) is 6.54 Å². The molecule has 6 heteroatoms. The van der Waals surface area contributed by atoms with Crippen molar-refractivity contribution < 1.29 is 4.79 Å². The van der Waals surface area contributed by atoms with Crippen molar-refractivity contribution in [3.8, 4) is 0 Å². The molecule has 1 aliphatic heterocycles. The zero-order chi connectivity index (χ0) is 20.1. The van der Waals surface area contributed by atoms with Gasteiger partial charge in [-0.15, -0.1) is 0 Å². The average Bonchev–Trinajstić information content (AvgIpc) is 2.79. The number of nitrogens with one attached hydrogen (secondary N) is 2. The van der Waals surface area contributed by atoms with Crippen LogP contribution in [0.3, 0.4) is 0 Å². The Hall–Kier alpha value is -2.89. The molecule has 1 fully saturated rings. The van der Waals surface area contributed by atoms with Gasteiger partial charge in [0.05, 0.1) is 5.56 Å². The molecule has 1 aliphatic rings. The minimum absolute atomic E-state index is 0.127. The van der Waals surface area contributed by atoms with Crippen molar-refractivity contribution in [1.29, 1.82) is 0 Å². The number of pyridine rings is 1. The normalized spacial score (nSPS) is 16.4. The van der Waals surface area contributed by atoms with Crippen LogP contribution < -0.4 is 15.5 Å². The first-order valence-electron chi connectivity index (χ1n) is 9.71. The van der Waals surface area contributed by atoms with E-state index in [1.807, 2.05) is 48.5 Å².